The van der Waals surface area contributed by atoms with E-state index in [4.69, 9.17) is 5.14 Å². The second kappa shape index (κ2) is 7.31. The van der Waals surface area contributed by atoms with E-state index in [1.54, 1.807) is 12.1 Å². The molecule has 0 bridgehead atoms. The van der Waals surface area contributed by atoms with Gasteiger partial charge in [-0.1, -0.05) is 26.0 Å². The summed E-state index contributed by atoms with van der Waals surface area (Å²) in [6, 6.07) is 5.81. The molecule has 2 atom stereocenters. The van der Waals surface area contributed by atoms with Gasteiger partial charge in [-0.25, -0.2) is 18.4 Å². The van der Waals surface area contributed by atoms with Crippen LogP contribution in [0.4, 0.5) is 4.79 Å². The van der Waals surface area contributed by atoms with Gasteiger partial charge in [-0.2, -0.15) is 0 Å². The van der Waals surface area contributed by atoms with E-state index in [9.17, 15) is 18.0 Å². The molecule has 0 aromatic heterocycles. The minimum atomic E-state index is -3.70. The summed E-state index contributed by atoms with van der Waals surface area (Å²) in [6.07, 6.45) is 1.27. The topological polar surface area (TPSA) is 110 Å². The van der Waals surface area contributed by atoms with Gasteiger partial charge in [0.2, 0.25) is 15.9 Å². The van der Waals surface area contributed by atoms with Crippen molar-refractivity contribution >= 4 is 22.0 Å². The number of nitrogens with one attached hydrogen (secondary N) is 1. The molecule has 0 saturated carbocycles. The molecule has 1 aromatic rings. The molecule has 2 rings (SSSR count). The van der Waals surface area contributed by atoms with Crippen molar-refractivity contribution in [2.24, 2.45) is 17.0 Å². The Morgan fingerprint density at radius 1 is 1.33 bits per heavy atom. The number of hydrogen-bond acceptors (Lipinski definition) is 4. The maximum Gasteiger partial charge on any atom is 0.324 e. The van der Waals surface area contributed by atoms with Gasteiger partial charge in [0.15, 0.2) is 0 Å². The van der Waals surface area contributed by atoms with Crippen LogP contribution in [0.5, 0.6) is 0 Å². The summed E-state index contributed by atoms with van der Waals surface area (Å²) in [5.41, 5.74) is 0.871. The molecule has 24 heavy (non-hydrogen) atoms. The van der Waals surface area contributed by atoms with E-state index in [2.05, 4.69) is 5.32 Å². The molecular formula is C16H23N3O4S. The number of carbonyl (C=O) groups excluding carboxylic acids is 2. The van der Waals surface area contributed by atoms with Crippen LogP contribution in [0.15, 0.2) is 29.2 Å². The quantitative estimate of drug-likeness (QED) is 0.825. The number of imide groups is 1. The SMILES string of the molecule is CC[C@@H]1C(=O)N(C(=O)NCCc2ccc(S(N)(=O)=O)cc2)C[C@H]1C. The van der Waals surface area contributed by atoms with Gasteiger partial charge in [0, 0.05) is 19.0 Å². The zero-order valence-electron chi connectivity index (χ0n) is 13.9. The number of amides is 3. The summed E-state index contributed by atoms with van der Waals surface area (Å²) in [7, 11) is -3.70. The lowest BCUT2D eigenvalue weighted by Gasteiger charge is -2.15. The molecular weight excluding hydrogens is 330 g/mol. The Bertz CT molecular complexity index is 715. The normalized spacial score (nSPS) is 21.1. The lowest BCUT2D eigenvalue weighted by Crippen LogP contribution is -2.42. The monoisotopic (exact) mass is 353 g/mol. The molecule has 0 radical (unpaired) electrons. The number of likely N-dealkylation sites (tertiary alicyclic amines) is 1. The molecule has 8 heteroatoms. The Morgan fingerprint density at radius 2 is 1.96 bits per heavy atom. The Labute approximate surface area is 142 Å². The van der Waals surface area contributed by atoms with Crippen molar-refractivity contribution in [3.63, 3.8) is 0 Å². The van der Waals surface area contributed by atoms with Crippen molar-refractivity contribution in [3.8, 4) is 0 Å². The fraction of sp³-hybridized carbons (Fsp3) is 0.500. The smallest absolute Gasteiger partial charge is 0.324 e. The van der Waals surface area contributed by atoms with Gasteiger partial charge in [0.1, 0.15) is 0 Å². The standard InChI is InChI=1S/C16H23N3O4S/c1-3-14-11(2)10-19(15(14)20)16(21)18-9-8-12-4-6-13(7-5-12)24(17,22)23/h4-7,11,14H,3,8-10H2,1-2H3,(H,18,21)(H2,17,22,23)/t11-,14+/m1/s1. The van der Waals surface area contributed by atoms with E-state index in [1.165, 1.54) is 17.0 Å². The average Bonchev–Trinajstić information content (AvgIpc) is 2.81. The van der Waals surface area contributed by atoms with E-state index in [0.717, 1.165) is 12.0 Å². The van der Waals surface area contributed by atoms with Crippen molar-refractivity contribution in [1.29, 1.82) is 0 Å². The molecule has 3 N–H and O–H groups in total. The molecule has 0 spiro atoms. The number of nitrogens with zero attached hydrogens (tertiary/aromatic N) is 1. The minimum absolute atomic E-state index is 0.0533. The number of hydrogen-bond donors (Lipinski definition) is 2. The van der Waals surface area contributed by atoms with Gasteiger partial charge < -0.3 is 5.32 Å². The van der Waals surface area contributed by atoms with Crippen LogP contribution in [-0.4, -0.2) is 38.3 Å². The summed E-state index contributed by atoms with van der Waals surface area (Å²) in [5.74, 6) is -0.0134. The van der Waals surface area contributed by atoms with Crippen molar-refractivity contribution in [3.05, 3.63) is 29.8 Å². The third-order valence-electron chi connectivity index (χ3n) is 4.37. The number of urea groups is 1. The maximum atomic E-state index is 12.1. The highest BCUT2D eigenvalue weighted by molar-refractivity contribution is 7.89. The van der Waals surface area contributed by atoms with Crippen molar-refractivity contribution < 1.29 is 18.0 Å². The van der Waals surface area contributed by atoms with Crippen LogP contribution in [0.3, 0.4) is 0 Å². The van der Waals surface area contributed by atoms with Crippen LogP contribution in [0.1, 0.15) is 25.8 Å². The number of carbonyl (C=O) groups is 2. The van der Waals surface area contributed by atoms with Crippen molar-refractivity contribution in [2.45, 2.75) is 31.6 Å². The van der Waals surface area contributed by atoms with Gasteiger partial charge in [-0.05, 0) is 36.5 Å². The largest absolute Gasteiger partial charge is 0.337 e. The Morgan fingerprint density at radius 3 is 2.46 bits per heavy atom. The molecule has 0 aliphatic carbocycles. The second-order valence-corrected chi connectivity index (χ2v) is 7.67. The average molecular weight is 353 g/mol. The summed E-state index contributed by atoms with van der Waals surface area (Å²) in [6.45, 7) is 4.74. The Kier molecular flexibility index (Phi) is 5.61. The number of sulfonamides is 1. The predicted octanol–water partition coefficient (Wildman–Crippen LogP) is 1.09. The van der Waals surface area contributed by atoms with Crippen molar-refractivity contribution in [2.75, 3.05) is 13.1 Å². The first-order chi connectivity index (χ1) is 11.2. The molecule has 1 aliphatic heterocycles. The fourth-order valence-corrected chi connectivity index (χ4v) is 3.48. The fourth-order valence-electron chi connectivity index (χ4n) is 2.96. The van der Waals surface area contributed by atoms with E-state index in [0.29, 0.717) is 19.5 Å². The predicted molar refractivity (Wildman–Crippen MR) is 89.6 cm³/mol. The highest BCUT2D eigenvalue weighted by Gasteiger charge is 2.39. The summed E-state index contributed by atoms with van der Waals surface area (Å²) in [5, 5.41) is 7.78. The number of benzene rings is 1. The molecule has 1 aliphatic rings. The first-order valence-electron chi connectivity index (χ1n) is 7.95. The minimum Gasteiger partial charge on any atom is -0.337 e. The Hall–Kier alpha value is -1.93. The van der Waals surface area contributed by atoms with E-state index < -0.39 is 10.0 Å². The van der Waals surface area contributed by atoms with Crippen LogP contribution >= 0.6 is 0 Å². The first kappa shape index (κ1) is 18.4. The lowest BCUT2D eigenvalue weighted by molar-refractivity contribution is -0.128. The van der Waals surface area contributed by atoms with Crippen LogP contribution in [-0.2, 0) is 21.2 Å². The number of rotatable bonds is 5. The third kappa shape index (κ3) is 4.12. The van der Waals surface area contributed by atoms with Gasteiger partial charge in [-0.15, -0.1) is 0 Å². The molecule has 0 unspecified atom stereocenters. The van der Waals surface area contributed by atoms with Gasteiger partial charge in [-0.3, -0.25) is 9.69 Å². The summed E-state index contributed by atoms with van der Waals surface area (Å²) < 4.78 is 22.4. The van der Waals surface area contributed by atoms with Gasteiger partial charge in [0.25, 0.3) is 0 Å². The molecule has 3 amide bonds. The van der Waals surface area contributed by atoms with E-state index in [1.807, 2.05) is 13.8 Å². The zero-order valence-corrected chi connectivity index (χ0v) is 14.7. The highest BCUT2D eigenvalue weighted by Crippen LogP contribution is 2.26. The molecule has 132 valence electrons. The first-order valence-corrected chi connectivity index (χ1v) is 9.49. The number of nitrogens with two attached hydrogens (primary N) is 1. The lowest BCUT2D eigenvalue weighted by atomic mass is 9.95. The van der Waals surface area contributed by atoms with Gasteiger partial charge >= 0.3 is 6.03 Å². The molecule has 1 saturated heterocycles. The van der Waals surface area contributed by atoms with Crippen LogP contribution in [0.2, 0.25) is 0 Å². The van der Waals surface area contributed by atoms with Crippen molar-refractivity contribution in [1.82, 2.24) is 10.2 Å². The molecule has 1 aromatic carbocycles. The zero-order chi connectivity index (χ0) is 17.9. The molecule has 7 nitrogen and oxygen atoms in total. The van der Waals surface area contributed by atoms with Crippen LogP contribution in [0.25, 0.3) is 0 Å². The summed E-state index contributed by atoms with van der Waals surface area (Å²) >= 11 is 0. The maximum absolute atomic E-state index is 12.1. The van der Waals surface area contributed by atoms with E-state index in [-0.39, 0.29) is 28.7 Å². The molecule has 1 heterocycles. The molecule has 1 fully saturated rings. The summed E-state index contributed by atoms with van der Waals surface area (Å²) in [4.78, 5) is 25.6. The van der Waals surface area contributed by atoms with Crippen LogP contribution < -0.4 is 10.5 Å². The highest BCUT2D eigenvalue weighted by atomic mass is 32.2. The Balaban J connectivity index is 1.86. The van der Waals surface area contributed by atoms with Crippen LogP contribution in [0, 0.1) is 11.8 Å². The number of primary sulfonamides is 1. The van der Waals surface area contributed by atoms with Gasteiger partial charge in [0.05, 0.1) is 4.90 Å². The van der Waals surface area contributed by atoms with E-state index >= 15 is 0 Å². The third-order valence-corrected chi connectivity index (χ3v) is 5.30. The second-order valence-electron chi connectivity index (χ2n) is 6.11.